The number of allylic oxidation sites excluding steroid dienone is 1. The number of ketones is 1. The Morgan fingerprint density at radius 2 is 1.37 bits per heavy atom. The van der Waals surface area contributed by atoms with Gasteiger partial charge in [-0.15, -0.1) is 0 Å². The highest BCUT2D eigenvalue weighted by Crippen LogP contribution is 2.25. The van der Waals surface area contributed by atoms with Crippen LogP contribution in [0.1, 0.15) is 26.3 Å². The summed E-state index contributed by atoms with van der Waals surface area (Å²) in [7, 11) is 0. The first-order valence-corrected chi connectivity index (χ1v) is 8.84. The minimum Gasteiger partial charge on any atom is -0.423 e. The van der Waals surface area contributed by atoms with Crippen molar-refractivity contribution in [2.75, 3.05) is 0 Å². The topological polar surface area (TPSA) is 43.4 Å². The zero-order chi connectivity index (χ0) is 19.2. The van der Waals surface area contributed by atoms with E-state index in [2.05, 4.69) is 0 Å². The van der Waals surface area contributed by atoms with Gasteiger partial charge in [0.2, 0.25) is 0 Å². The van der Waals surface area contributed by atoms with Crippen LogP contribution in [0.4, 0.5) is 0 Å². The van der Waals surface area contributed by atoms with E-state index in [9.17, 15) is 9.59 Å². The van der Waals surface area contributed by atoms with Crippen molar-refractivity contribution >= 4 is 41.0 Å². The summed E-state index contributed by atoms with van der Waals surface area (Å²) in [6.45, 7) is 0. The highest BCUT2D eigenvalue weighted by atomic mass is 35.5. The Balaban J connectivity index is 1.69. The highest BCUT2D eigenvalue weighted by Gasteiger charge is 2.09. The fraction of sp³-hybridized carbons (Fsp3) is 0. The van der Waals surface area contributed by atoms with Gasteiger partial charge in [-0.25, -0.2) is 4.79 Å². The van der Waals surface area contributed by atoms with Crippen LogP contribution in [0.15, 0.2) is 78.9 Å². The van der Waals surface area contributed by atoms with Gasteiger partial charge in [-0.1, -0.05) is 47.5 Å². The maximum atomic E-state index is 12.3. The molecule has 3 nitrogen and oxygen atoms in total. The maximum absolute atomic E-state index is 12.3. The number of hydrogen-bond donors (Lipinski definition) is 0. The molecule has 0 aliphatic heterocycles. The molecule has 0 saturated heterocycles. The molecule has 3 rings (SSSR count). The number of hydrogen-bond acceptors (Lipinski definition) is 3. The first kappa shape index (κ1) is 18.9. The maximum Gasteiger partial charge on any atom is 0.343 e. The number of benzene rings is 3. The number of ether oxygens (including phenoxy) is 1. The quantitative estimate of drug-likeness (QED) is 0.226. The summed E-state index contributed by atoms with van der Waals surface area (Å²) in [5.41, 5.74) is 1.49. The number of carbonyl (C=O) groups excluding carboxylic acids is 2. The monoisotopic (exact) mass is 396 g/mol. The van der Waals surface area contributed by atoms with Crippen molar-refractivity contribution in [3.05, 3.63) is 106 Å². The van der Waals surface area contributed by atoms with Crippen molar-refractivity contribution < 1.29 is 14.3 Å². The van der Waals surface area contributed by atoms with Crippen molar-refractivity contribution in [1.29, 1.82) is 0 Å². The van der Waals surface area contributed by atoms with E-state index in [0.29, 0.717) is 32.5 Å². The molecule has 3 aromatic rings. The van der Waals surface area contributed by atoms with E-state index in [1.165, 1.54) is 6.08 Å². The third-order valence-corrected chi connectivity index (χ3v) is 4.42. The van der Waals surface area contributed by atoms with E-state index in [1.807, 2.05) is 6.07 Å². The van der Waals surface area contributed by atoms with Crippen LogP contribution in [0.5, 0.6) is 5.75 Å². The Labute approximate surface area is 166 Å². The van der Waals surface area contributed by atoms with Gasteiger partial charge in [-0.3, -0.25) is 4.79 Å². The smallest absolute Gasteiger partial charge is 0.343 e. The molecule has 0 atom stereocenters. The molecule has 5 heteroatoms. The first-order valence-electron chi connectivity index (χ1n) is 8.08. The molecule has 0 fully saturated rings. The van der Waals surface area contributed by atoms with Gasteiger partial charge in [-0.05, 0) is 60.7 Å². The fourth-order valence-corrected chi connectivity index (χ4v) is 2.88. The lowest BCUT2D eigenvalue weighted by atomic mass is 10.1. The summed E-state index contributed by atoms with van der Waals surface area (Å²) in [6.07, 6.45) is 2.98. The van der Waals surface area contributed by atoms with E-state index in [4.69, 9.17) is 27.9 Å². The van der Waals surface area contributed by atoms with Crippen molar-refractivity contribution in [3.63, 3.8) is 0 Å². The summed E-state index contributed by atoms with van der Waals surface area (Å²) in [6, 6.07) is 20.2. The van der Waals surface area contributed by atoms with Gasteiger partial charge in [-0.2, -0.15) is 0 Å². The molecule has 0 radical (unpaired) electrons. The van der Waals surface area contributed by atoms with Crippen LogP contribution >= 0.6 is 23.2 Å². The van der Waals surface area contributed by atoms with Crippen molar-refractivity contribution in [1.82, 2.24) is 0 Å². The molecule has 0 unspecified atom stereocenters. The second kappa shape index (κ2) is 8.67. The number of esters is 1. The minimum absolute atomic E-state index is 0.216. The third kappa shape index (κ3) is 4.85. The molecule has 0 N–H and O–H groups in total. The van der Waals surface area contributed by atoms with Crippen LogP contribution in [-0.4, -0.2) is 11.8 Å². The first-order chi connectivity index (χ1) is 13.0. The van der Waals surface area contributed by atoms with Gasteiger partial charge in [0.05, 0.1) is 5.56 Å². The molecule has 0 aliphatic carbocycles. The molecule has 0 aromatic heterocycles. The van der Waals surface area contributed by atoms with E-state index in [0.717, 1.165) is 0 Å². The van der Waals surface area contributed by atoms with Crippen LogP contribution in [0.2, 0.25) is 10.0 Å². The molecule has 0 amide bonds. The average molecular weight is 397 g/mol. The Morgan fingerprint density at radius 1 is 0.741 bits per heavy atom. The Bertz CT molecular complexity index is 974. The summed E-state index contributed by atoms with van der Waals surface area (Å²) in [5, 5.41) is 0.935. The SMILES string of the molecule is O=C(/C=C/c1c(Cl)cccc1Cl)c1ccc(OC(=O)c2ccccc2)cc1. The summed E-state index contributed by atoms with van der Waals surface area (Å²) < 4.78 is 5.29. The summed E-state index contributed by atoms with van der Waals surface area (Å²) in [4.78, 5) is 24.3. The Kier molecular flexibility index (Phi) is 6.07. The molecule has 0 bridgehead atoms. The molecular weight excluding hydrogens is 383 g/mol. The molecule has 134 valence electrons. The zero-order valence-corrected chi connectivity index (χ0v) is 15.6. The van der Waals surface area contributed by atoms with E-state index in [1.54, 1.807) is 72.8 Å². The van der Waals surface area contributed by atoms with Crippen LogP contribution in [-0.2, 0) is 0 Å². The predicted molar refractivity (Wildman–Crippen MR) is 108 cm³/mol. The van der Waals surface area contributed by atoms with Crippen LogP contribution in [0.25, 0.3) is 6.08 Å². The second-order valence-corrected chi connectivity index (χ2v) is 6.43. The van der Waals surface area contributed by atoms with Gasteiger partial charge >= 0.3 is 5.97 Å². The molecule has 0 saturated carbocycles. The number of rotatable bonds is 5. The van der Waals surface area contributed by atoms with Crippen LogP contribution in [0.3, 0.4) is 0 Å². The van der Waals surface area contributed by atoms with E-state index in [-0.39, 0.29) is 5.78 Å². The zero-order valence-electron chi connectivity index (χ0n) is 14.1. The normalized spacial score (nSPS) is 10.7. The molecule has 3 aromatic carbocycles. The molecular formula is C22H14Cl2O3. The number of halogens is 2. The predicted octanol–water partition coefficient (Wildman–Crippen LogP) is 6.11. The van der Waals surface area contributed by atoms with Crippen molar-refractivity contribution in [2.45, 2.75) is 0 Å². The largest absolute Gasteiger partial charge is 0.423 e. The van der Waals surface area contributed by atoms with Crippen molar-refractivity contribution in [3.8, 4) is 5.75 Å². The van der Waals surface area contributed by atoms with Crippen LogP contribution < -0.4 is 4.74 Å². The van der Waals surface area contributed by atoms with Gasteiger partial charge < -0.3 is 4.74 Å². The lowest BCUT2D eigenvalue weighted by molar-refractivity contribution is 0.0734. The lowest BCUT2D eigenvalue weighted by Crippen LogP contribution is -2.08. The molecule has 0 aliphatic rings. The highest BCUT2D eigenvalue weighted by molar-refractivity contribution is 6.37. The van der Waals surface area contributed by atoms with Gasteiger partial charge in [0.1, 0.15) is 5.75 Å². The van der Waals surface area contributed by atoms with Gasteiger partial charge in [0.25, 0.3) is 0 Å². The minimum atomic E-state index is -0.456. The van der Waals surface area contributed by atoms with Crippen LogP contribution in [0, 0.1) is 0 Å². The third-order valence-electron chi connectivity index (χ3n) is 3.76. The Hall–Kier alpha value is -2.88. The molecule has 27 heavy (non-hydrogen) atoms. The average Bonchev–Trinajstić information content (AvgIpc) is 2.68. The summed E-state index contributed by atoms with van der Waals surface area (Å²) >= 11 is 12.2. The van der Waals surface area contributed by atoms with E-state index >= 15 is 0 Å². The second-order valence-electron chi connectivity index (χ2n) is 5.61. The fourth-order valence-electron chi connectivity index (χ4n) is 2.35. The number of carbonyl (C=O) groups is 2. The van der Waals surface area contributed by atoms with E-state index < -0.39 is 5.97 Å². The van der Waals surface area contributed by atoms with Gasteiger partial charge in [0.15, 0.2) is 5.78 Å². The molecule has 0 heterocycles. The van der Waals surface area contributed by atoms with Crippen molar-refractivity contribution in [2.24, 2.45) is 0 Å². The molecule has 0 spiro atoms. The summed E-state index contributed by atoms with van der Waals surface area (Å²) in [5.74, 6) is -0.312. The van der Waals surface area contributed by atoms with Gasteiger partial charge in [0, 0.05) is 21.2 Å². The standard InChI is InChI=1S/C22H14Cl2O3/c23-19-7-4-8-20(24)18(19)13-14-21(25)15-9-11-17(12-10-15)27-22(26)16-5-2-1-3-6-16/h1-14H/b14-13+. The lowest BCUT2D eigenvalue weighted by Gasteiger charge is -2.05. The Morgan fingerprint density at radius 3 is 2.00 bits per heavy atom.